The molecule has 0 aliphatic rings. The van der Waals surface area contributed by atoms with Crippen LogP contribution in [-0.2, 0) is 4.74 Å². The number of ether oxygens (including phenoxy) is 2. The maximum atomic E-state index is 11.8. The number of carbonyl (C=O) groups excluding carboxylic acids is 1. The van der Waals surface area contributed by atoms with Crippen molar-refractivity contribution < 1.29 is 18.7 Å². The van der Waals surface area contributed by atoms with Crippen molar-refractivity contribution in [2.75, 3.05) is 34.4 Å². The van der Waals surface area contributed by atoms with Crippen molar-refractivity contribution in [3.05, 3.63) is 30.0 Å². The second kappa shape index (κ2) is 5.75. The number of methoxy groups -OCH3 is 1. The lowest BCUT2D eigenvalue weighted by atomic mass is 10.2. The lowest BCUT2D eigenvalue weighted by Crippen LogP contribution is -2.19. The van der Waals surface area contributed by atoms with Gasteiger partial charge in [-0.25, -0.2) is 4.79 Å². The van der Waals surface area contributed by atoms with Crippen molar-refractivity contribution in [1.82, 2.24) is 4.90 Å². The average Bonchev–Trinajstić information content (AvgIpc) is 2.80. The lowest BCUT2D eigenvalue weighted by molar-refractivity contribution is 0.0448. The minimum atomic E-state index is -0.447. The van der Waals surface area contributed by atoms with Crippen LogP contribution in [0.1, 0.15) is 10.6 Å². The Balaban J connectivity index is 2.10. The Labute approximate surface area is 111 Å². The van der Waals surface area contributed by atoms with Gasteiger partial charge in [0.1, 0.15) is 17.9 Å². The Bertz CT molecular complexity index is 574. The SMILES string of the molecule is COc1ccc2cc(C(=O)OCCN(C)C)oc2c1. The molecule has 0 spiro atoms. The van der Waals surface area contributed by atoms with Crippen molar-refractivity contribution in [2.24, 2.45) is 0 Å². The average molecular weight is 263 g/mol. The molecule has 0 N–H and O–H groups in total. The van der Waals surface area contributed by atoms with E-state index in [4.69, 9.17) is 13.9 Å². The summed E-state index contributed by atoms with van der Waals surface area (Å²) in [6.45, 7) is 1.02. The van der Waals surface area contributed by atoms with Crippen LogP contribution in [0.15, 0.2) is 28.7 Å². The van der Waals surface area contributed by atoms with Gasteiger partial charge in [0, 0.05) is 18.0 Å². The van der Waals surface area contributed by atoms with Gasteiger partial charge in [0.2, 0.25) is 5.76 Å². The standard InChI is InChI=1S/C14H17NO4/c1-15(2)6-7-18-14(16)13-8-10-4-5-11(17-3)9-12(10)19-13/h4-5,8-9H,6-7H2,1-3H3. The first-order chi connectivity index (χ1) is 9.10. The van der Waals surface area contributed by atoms with E-state index in [0.717, 1.165) is 5.39 Å². The van der Waals surface area contributed by atoms with Crippen LogP contribution in [-0.4, -0.2) is 45.2 Å². The molecule has 0 saturated heterocycles. The van der Waals surface area contributed by atoms with Crippen molar-refractivity contribution in [3.63, 3.8) is 0 Å². The summed E-state index contributed by atoms with van der Waals surface area (Å²) >= 11 is 0. The molecule has 1 aromatic heterocycles. The van der Waals surface area contributed by atoms with Crippen LogP contribution >= 0.6 is 0 Å². The Kier molecular flexibility index (Phi) is 4.06. The van der Waals surface area contributed by atoms with Crippen LogP contribution in [0.25, 0.3) is 11.0 Å². The Hall–Kier alpha value is -2.01. The second-order valence-corrected chi connectivity index (χ2v) is 4.45. The van der Waals surface area contributed by atoms with Crippen molar-refractivity contribution in [1.29, 1.82) is 0 Å². The maximum Gasteiger partial charge on any atom is 0.374 e. The molecule has 2 aromatic rings. The van der Waals surface area contributed by atoms with E-state index in [1.807, 2.05) is 31.1 Å². The zero-order valence-electron chi connectivity index (χ0n) is 11.3. The van der Waals surface area contributed by atoms with Gasteiger partial charge in [-0.05, 0) is 32.3 Å². The minimum Gasteiger partial charge on any atom is -0.497 e. The first-order valence-corrected chi connectivity index (χ1v) is 5.99. The van der Waals surface area contributed by atoms with E-state index in [-0.39, 0.29) is 5.76 Å². The van der Waals surface area contributed by atoms with Gasteiger partial charge in [-0.3, -0.25) is 0 Å². The topological polar surface area (TPSA) is 51.9 Å². The molecule has 0 bridgehead atoms. The normalized spacial score (nSPS) is 10.9. The molecule has 19 heavy (non-hydrogen) atoms. The van der Waals surface area contributed by atoms with Gasteiger partial charge in [0.25, 0.3) is 0 Å². The van der Waals surface area contributed by atoms with Gasteiger partial charge < -0.3 is 18.8 Å². The fraction of sp³-hybridized carbons (Fsp3) is 0.357. The van der Waals surface area contributed by atoms with Crippen LogP contribution in [0.2, 0.25) is 0 Å². The van der Waals surface area contributed by atoms with Gasteiger partial charge in [-0.15, -0.1) is 0 Å². The molecular formula is C14H17NO4. The highest BCUT2D eigenvalue weighted by Crippen LogP contribution is 2.24. The summed E-state index contributed by atoms with van der Waals surface area (Å²) in [7, 11) is 5.42. The predicted octanol–water partition coefficient (Wildman–Crippen LogP) is 2.16. The highest BCUT2D eigenvalue weighted by Gasteiger charge is 2.14. The second-order valence-electron chi connectivity index (χ2n) is 4.45. The number of likely N-dealkylation sites (N-methyl/N-ethyl adjacent to an activating group) is 1. The number of rotatable bonds is 5. The molecule has 0 atom stereocenters. The highest BCUT2D eigenvalue weighted by molar-refractivity contribution is 5.92. The number of nitrogens with zero attached hydrogens (tertiary/aromatic N) is 1. The van der Waals surface area contributed by atoms with Crippen LogP contribution in [0.3, 0.4) is 0 Å². The first-order valence-electron chi connectivity index (χ1n) is 5.99. The number of hydrogen-bond acceptors (Lipinski definition) is 5. The van der Waals surface area contributed by atoms with E-state index in [0.29, 0.717) is 24.5 Å². The first kappa shape index (κ1) is 13.4. The quantitative estimate of drug-likeness (QED) is 0.774. The molecule has 2 rings (SSSR count). The number of hydrogen-bond donors (Lipinski definition) is 0. The molecule has 0 amide bonds. The van der Waals surface area contributed by atoms with Crippen LogP contribution in [0.4, 0.5) is 0 Å². The van der Waals surface area contributed by atoms with Crippen LogP contribution < -0.4 is 4.74 Å². The Morgan fingerprint density at radius 1 is 1.32 bits per heavy atom. The van der Waals surface area contributed by atoms with Crippen molar-refractivity contribution in [2.45, 2.75) is 0 Å². The van der Waals surface area contributed by atoms with E-state index < -0.39 is 5.97 Å². The van der Waals surface area contributed by atoms with Gasteiger partial charge in [-0.1, -0.05) is 0 Å². The predicted molar refractivity (Wildman–Crippen MR) is 71.6 cm³/mol. The summed E-state index contributed by atoms with van der Waals surface area (Å²) in [5.74, 6) is 0.452. The zero-order chi connectivity index (χ0) is 13.8. The van der Waals surface area contributed by atoms with Gasteiger partial charge in [0.05, 0.1) is 7.11 Å². The van der Waals surface area contributed by atoms with Gasteiger partial charge in [-0.2, -0.15) is 0 Å². The fourth-order valence-electron chi connectivity index (χ4n) is 1.63. The molecule has 0 fully saturated rings. The molecule has 102 valence electrons. The molecule has 1 aromatic carbocycles. The van der Waals surface area contributed by atoms with E-state index in [1.54, 1.807) is 19.2 Å². The minimum absolute atomic E-state index is 0.210. The molecule has 0 aliphatic heterocycles. The third-order valence-corrected chi connectivity index (χ3v) is 2.70. The van der Waals surface area contributed by atoms with E-state index in [9.17, 15) is 4.79 Å². The third kappa shape index (κ3) is 3.26. The van der Waals surface area contributed by atoms with Gasteiger partial charge in [0.15, 0.2) is 0 Å². The molecule has 0 unspecified atom stereocenters. The van der Waals surface area contributed by atoms with Crippen LogP contribution in [0, 0.1) is 0 Å². The third-order valence-electron chi connectivity index (χ3n) is 2.70. The number of benzene rings is 1. The lowest BCUT2D eigenvalue weighted by Gasteiger charge is -2.08. The van der Waals surface area contributed by atoms with E-state index in [1.165, 1.54) is 0 Å². The molecule has 5 nitrogen and oxygen atoms in total. The number of esters is 1. The van der Waals surface area contributed by atoms with Crippen molar-refractivity contribution >= 4 is 16.9 Å². The summed E-state index contributed by atoms with van der Waals surface area (Å²) in [5.41, 5.74) is 0.610. The summed E-state index contributed by atoms with van der Waals surface area (Å²) in [6.07, 6.45) is 0. The summed E-state index contributed by atoms with van der Waals surface area (Å²) < 4.78 is 15.7. The monoisotopic (exact) mass is 263 g/mol. The van der Waals surface area contributed by atoms with E-state index in [2.05, 4.69) is 0 Å². The molecule has 1 heterocycles. The maximum absolute atomic E-state index is 11.8. The number of carbonyl (C=O) groups is 1. The molecule has 0 aliphatic carbocycles. The van der Waals surface area contributed by atoms with E-state index >= 15 is 0 Å². The van der Waals surface area contributed by atoms with Gasteiger partial charge >= 0.3 is 5.97 Å². The highest BCUT2D eigenvalue weighted by atomic mass is 16.5. The summed E-state index contributed by atoms with van der Waals surface area (Å²) in [4.78, 5) is 13.7. The molecule has 0 saturated carbocycles. The molecule has 0 radical (unpaired) electrons. The smallest absolute Gasteiger partial charge is 0.374 e. The zero-order valence-corrected chi connectivity index (χ0v) is 11.3. The Morgan fingerprint density at radius 3 is 2.79 bits per heavy atom. The number of fused-ring (bicyclic) bond motifs is 1. The molecule has 5 heteroatoms. The number of furan rings is 1. The van der Waals surface area contributed by atoms with Crippen molar-refractivity contribution in [3.8, 4) is 5.75 Å². The fourth-order valence-corrected chi connectivity index (χ4v) is 1.63. The largest absolute Gasteiger partial charge is 0.497 e. The van der Waals surface area contributed by atoms with Crippen LogP contribution in [0.5, 0.6) is 5.75 Å². The summed E-state index contributed by atoms with van der Waals surface area (Å²) in [6, 6.07) is 7.08. The Morgan fingerprint density at radius 2 is 2.11 bits per heavy atom. The summed E-state index contributed by atoms with van der Waals surface area (Å²) in [5, 5.41) is 0.848. The molecular weight excluding hydrogens is 246 g/mol.